The Morgan fingerprint density at radius 3 is 2.74 bits per heavy atom. The zero-order valence-electron chi connectivity index (χ0n) is 12.9. The van der Waals surface area contributed by atoms with Gasteiger partial charge in [-0.1, -0.05) is 19.1 Å². The Morgan fingerprint density at radius 2 is 2.09 bits per heavy atom. The number of nitrogens with one attached hydrogen (secondary N) is 1. The highest BCUT2D eigenvalue weighted by Crippen LogP contribution is 2.28. The standard InChI is InChI=1S/C17H17BrFNO3/c1-3-11-7-8-16(13(18)9-11)23-10-12-14(19)5-4-6-15(12)20-17(21)22-2/h4-9H,3,10H2,1-2H3,(H,20,21). The predicted octanol–water partition coefficient (Wildman–Crippen LogP) is 4.91. The van der Waals surface area contributed by atoms with E-state index in [1.54, 1.807) is 6.07 Å². The number of benzene rings is 2. The van der Waals surface area contributed by atoms with Crippen LogP contribution in [-0.4, -0.2) is 13.2 Å². The summed E-state index contributed by atoms with van der Waals surface area (Å²) >= 11 is 3.44. The molecule has 0 aliphatic rings. The molecule has 0 spiro atoms. The topological polar surface area (TPSA) is 47.6 Å². The second-order valence-electron chi connectivity index (χ2n) is 4.79. The highest BCUT2D eigenvalue weighted by atomic mass is 79.9. The lowest BCUT2D eigenvalue weighted by atomic mass is 10.1. The van der Waals surface area contributed by atoms with E-state index in [4.69, 9.17) is 4.74 Å². The number of ether oxygens (including phenoxy) is 2. The molecule has 0 atom stereocenters. The van der Waals surface area contributed by atoms with Gasteiger partial charge in [-0.15, -0.1) is 0 Å². The van der Waals surface area contributed by atoms with Gasteiger partial charge in [-0.2, -0.15) is 0 Å². The van der Waals surface area contributed by atoms with Crippen LogP contribution < -0.4 is 10.1 Å². The number of amides is 1. The third-order valence-corrected chi connectivity index (χ3v) is 3.94. The Hall–Kier alpha value is -2.08. The van der Waals surface area contributed by atoms with Crippen molar-refractivity contribution in [1.29, 1.82) is 0 Å². The third kappa shape index (κ3) is 4.45. The first kappa shape index (κ1) is 17.3. The number of halogens is 2. The van der Waals surface area contributed by atoms with Crippen molar-refractivity contribution in [2.24, 2.45) is 0 Å². The molecule has 0 aromatic heterocycles. The molecule has 1 amide bonds. The Kier molecular flexibility index (Phi) is 5.98. The van der Waals surface area contributed by atoms with E-state index in [0.29, 0.717) is 11.4 Å². The first-order valence-corrected chi connectivity index (χ1v) is 7.88. The lowest BCUT2D eigenvalue weighted by Crippen LogP contribution is -2.14. The molecular weight excluding hydrogens is 365 g/mol. The molecule has 0 unspecified atom stereocenters. The van der Waals surface area contributed by atoms with E-state index in [-0.39, 0.29) is 12.2 Å². The van der Waals surface area contributed by atoms with Crippen molar-refractivity contribution in [3.63, 3.8) is 0 Å². The van der Waals surface area contributed by atoms with Gasteiger partial charge < -0.3 is 9.47 Å². The second kappa shape index (κ2) is 7.97. The normalized spacial score (nSPS) is 10.3. The number of hydrogen-bond acceptors (Lipinski definition) is 3. The fraction of sp³-hybridized carbons (Fsp3) is 0.235. The van der Waals surface area contributed by atoms with Crippen molar-refractivity contribution in [2.45, 2.75) is 20.0 Å². The molecule has 23 heavy (non-hydrogen) atoms. The molecule has 1 N–H and O–H groups in total. The molecule has 0 aliphatic heterocycles. The first-order valence-electron chi connectivity index (χ1n) is 7.08. The van der Waals surface area contributed by atoms with E-state index in [9.17, 15) is 9.18 Å². The van der Waals surface area contributed by atoms with Gasteiger partial charge in [-0.05, 0) is 52.2 Å². The number of carbonyl (C=O) groups is 1. The molecule has 6 heteroatoms. The first-order chi connectivity index (χ1) is 11.0. The minimum atomic E-state index is -0.662. The average molecular weight is 382 g/mol. The molecule has 0 saturated carbocycles. The van der Waals surface area contributed by atoms with Gasteiger partial charge in [-0.3, -0.25) is 5.32 Å². The highest BCUT2D eigenvalue weighted by Gasteiger charge is 2.13. The van der Waals surface area contributed by atoms with Gasteiger partial charge >= 0.3 is 6.09 Å². The van der Waals surface area contributed by atoms with E-state index in [2.05, 4.69) is 32.9 Å². The second-order valence-corrected chi connectivity index (χ2v) is 5.64. The van der Waals surface area contributed by atoms with Gasteiger partial charge in [-0.25, -0.2) is 9.18 Å². The van der Waals surface area contributed by atoms with Gasteiger partial charge in [0.1, 0.15) is 18.2 Å². The predicted molar refractivity (Wildman–Crippen MR) is 90.3 cm³/mol. The van der Waals surface area contributed by atoms with Gasteiger partial charge in [0, 0.05) is 5.56 Å². The fourth-order valence-corrected chi connectivity index (χ4v) is 2.56. The molecule has 4 nitrogen and oxygen atoms in total. The van der Waals surface area contributed by atoms with E-state index in [1.165, 1.54) is 24.8 Å². The number of rotatable bonds is 5. The van der Waals surface area contributed by atoms with E-state index in [1.807, 2.05) is 18.2 Å². The van der Waals surface area contributed by atoms with Gasteiger partial charge in [0.15, 0.2) is 0 Å². The minimum absolute atomic E-state index is 0.0178. The number of carbonyl (C=O) groups excluding carboxylic acids is 1. The quantitative estimate of drug-likeness (QED) is 0.800. The molecule has 2 aromatic carbocycles. The number of aryl methyl sites for hydroxylation is 1. The Balaban J connectivity index is 2.18. The van der Waals surface area contributed by atoms with Crippen LogP contribution >= 0.6 is 15.9 Å². The summed E-state index contributed by atoms with van der Waals surface area (Å²) in [6, 6.07) is 10.2. The monoisotopic (exact) mass is 381 g/mol. The van der Waals surface area contributed by atoms with E-state index in [0.717, 1.165) is 10.9 Å². The molecule has 0 fully saturated rings. The Bertz CT molecular complexity index is 706. The maximum absolute atomic E-state index is 14.0. The summed E-state index contributed by atoms with van der Waals surface area (Å²) in [4.78, 5) is 11.3. The van der Waals surface area contributed by atoms with Crippen LogP contribution in [0.1, 0.15) is 18.1 Å². The summed E-state index contributed by atoms with van der Waals surface area (Å²) in [5.74, 6) is 0.148. The van der Waals surface area contributed by atoms with Crippen LogP contribution in [0.4, 0.5) is 14.9 Å². The van der Waals surface area contributed by atoms with Crippen LogP contribution in [0.25, 0.3) is 0 Å². The van der Waals surface area contributed by atoms with Crippen LogP contribution in [0, 0.1) is 5.82 Å². The minimum Gasteiger partial charge on any atom is -0.488 e. The van der Waals surface area contributed by atoms with Crippen molar-refractivity contribution in [3.8, 4) is 5.75 Å². The Labute approximate surface area is 142 Å². The van der Waals surface area contributed by atoms with Crippen LogP contribution in [0.5, 0.6) is 5.75 Å². The molecular formula is C17H17BrFNO3. The summed E-state index contributed by atoms with van der Waals surface area (Å²) in [5, 5.41) is 2.48. The highest BCUT2D eigenvalue weighted by molar-refractivity contribution is 9.10. The van der Waals surface area contributed by atoms with Crippen LogP contribution in [0.3, 0.4) is 0 Å². The zero-order chi connectivity index (χ0) is 16.8. The summed E-state index contributed by atoms with van der Waals surface area (Å²) in [5.41, 5.74) is 1.74. The lowest BCUT2D eigenvalue weighted by molar-refractivity contribution is 0.187. The number of methoxy groups -OCH3 is 1. The van der Waals surface area contributed by atoms with Gasteiger partial charge in [0.2, 0.25) is 0 Å². The van der Waals surface area contributed by atoms with Crippen molar-refractivity contribution in [1.82, 2.24) is 0 Å². The van der Waals surface area contributed by atoms with Gasteiger partial charge in [0.05, 0.1) is 17.3 Å². The molecule has 0 heterocycles. The summed E-state index contributed by atoms with van der Waals surface area (Å²) in [7, 11) is 1.25. The van der Waals surface area contributed by atoms with Crippen LogP contribution in [-0.2, 0) is 17.8 Å². The number of anilines is 1. The smallest absolute Gasteiger partial charge is 0.411 e. The molecule has 2 aromatic rings. The third-order valence-electron chi connectivity index (χ3n) is 3.32. The van der Waals surface area contributed by atoms with Crippen LogP contribution in [0.15, 0.2) is 40.9 Å². The molecule has 122 valence electrons. The summed E-state index contributed by atoms with van der Waals surface area (Å²) in [6.07, 6.45) is 0.254. The summed E-state index contributed by atoms with van der Waals surface area (Å²) < 4.78 is 25.1. The molecule has 2 rings (SSSR count). The average Bonchev–Trinajstić information content (AvgIpc) is 2.55. The van der Waals surface area contributed by atoms with Crippen molar-refractivity contribution >= 4 is 27.7 Å². The molecule has 0 aliphatic carbocycles. The van der Waals surface area contributed by atoms with E-state index < -0.39 is 11.9 Å². The molecule has 0 saturated heterocycles. The van der Waals surface area contributed by atoms with Crippen LogP contribution in [0.2, 0.25) is 0 Å². The maximum Gasteiger partial charge on any atom is 0.411 e. The zero-order valence-corrected chi connectivity index (χ0v) is 14.4. The van der Waals surface area contributed by atoms with Gasteiger partial charge in [0.25, 0.3) is 0 Å². The van der Waals surface area contributed by atoms with Crippen molar-refractivity contribution < 1.29 is 18.7 Å². The molecule has 0 bridgehead atoms. The number of hydrogen-bond donors (Lipinski definition) is 1. The SMILES string of the molecule is CCc1ccc(OCc2c(F)cccc2NC(=O)OC)c(Br)c1. The fourth-order valence-electron chi connectivity index (χ4n) is 2.01. The molecule has 0 radical (unpaired) electrons. The Morgan fingerprint density at radius 1 is 1.30 bits per heavy atom. The lowest BCUT2D eigenvalue weighted by Gasteiger charge is -2.14. The maximum atomic E-state index is 14.0. The van der Waals surface area contributed by atoms with Crippen molar-refractivity contribution in [3.05, 3.63) is 57.8 Å². The largest absolute Gasteiger partial charge is 0.488 e. The van der Waals surface area contributed by atoms with E-state index >= 15 is 0 Å². The summed E-state index contributed by atoms with van der Waals surface area (Å²) in [6.45, 7) is 2.04. The van der Waals surface area contributed by atoms with Crippen molar-refractivity contribution in [2.75, 3.05) is 12.4 Å².